The van der Waals surface area contributed by atoms with Gasteiger partial charge in [0.25, 0.3) is 0 Å². The highest BCUT2D eigenvalue weighted by Gasteiger charge is 2.11. The van der Waals surface area contributed by atoms with Gasteiger partial charge in [0.15, 0.2) is 5.96 Å². The highest BCUT2D eigenvalue weighted by atomic mass is 127. The first-order valence-corrected chi connectivity index (χ1v) is 8.84. The Morgan fingerprint density at radius 3 is 2.93 bits per heavy atom. The normalized spacial score (nSPS) is 11.4. The third-order valence-electron chi connectivity index (χ3n) is 4.14. The molecule has 27 heavy (non-hydrogen) atoms. The first-order valence-electron chi connectivity index (χ1n) is 8.84. The van der Waals surface area contributed by atoms with Crippen molar-refractivity contribution in [2.45, 2.75) is 33.4 Å². The molecule has 0 radical (unpaired) electrons. The summed E-state index contributed by atoms with van der Waals surface area (Å²) in [6.07, 6.45) is 4.67. The van der Waals surface area contributed by atoms with Gasteiger partial charge >= 0.3 is 0 Å². The molecule has 0 amide bonds. The Bertz CT molecular complexity index is 876. The molecule has 2 aromatic heterocycles. The second kappa shape index (κ2) is 10.3. The minimum atomic E-state index is -0.261. The molecule has 0 bridgehead atoms. The summed E-state index contributed by atoms with van der Waals surface area (Å²) >= 11 is 0. The number of aryl methyl sites for hydroxylation is 2. The van der Waals surface area contributed by atoms with Gasteiger partial charge in [0.1, 0.15) is 23.7 Å². The number of aromatic nitrogens is 2. The fraction of sp³-hybridized carbons (Fsp3) is 0.368. The number of benzene rings is 1. The molecule has 146 valence electrons. The minimum absolute atomic E-state index is 0. The first-order chi connectivity index (χ1) is 12.7. The summed E-state index contributed by atoms with van der Waals surface area (Å²) in [4.78, 5) is 4.58. The summed E-state index contributed by atoms with van der Waals surface area (Å²) in [7, 11) is 0. The van der Waals surface area contributed by atoms with E-state index in [1.165, 1.54) is 12.1 Å². The molecule has 8 heteroatoms. The van der Waals surface area contributed by atoms with E-state index in [0.717, 1.165) is 48.7 Å². The van der Waals surface area contributed by atoms with Crippen LogP contribution in [-0.4, -0.2) is 28.8 Å². The second-order valence-electron chi connectivity index (χ2n) is 6.04. The van der Waals surface area contributed by atoms with Crippen molar-refractivity contribution in [3.63, 3.8) is 0 Å². The van der Waals surface area contributed by atoms with Gasteiger partial charge in [0.2, 0.25) is 0 Å². The molecule has 2 heterocycles. The molecule has 0 aliphatic carbocycles. The Labute approximate surface area is 175 Å². The number of hydrogen-bond acceptors (Lipinski definition) is 3. The molecule has 0 aliphatic rings. The predicted octanol–water partition coefficient (Wildman–Crippen LogP) is 3.84. The van der Waals surface area contributed by atoms with Crippen LogP contribution in [0.25, 0.3) is 11.0 Å². The zero-order valence-corrected chi connectivity index (χ0v) is 17.9. The molecule has 1 aromatic carbocycles. The van der Waals surface area contributed by atoms with Crippen molar-refractivity contribution < 1.29 is 8.81 Å². The van der Waals surface area contributed by atoms with E-state index in [9.17, 15) is 4.39 Å². The zero-order valence-electron chi connectivity index (χ0n) is 15.5. The number of aliphatic imine (C=N–C) groups is 1. The largest absolute Gasteiger partial charge is 0.459 e. The number of fused-ring (bicyclic) bond motifs is 1. The summed E-state index contributed by atoms with van der Waals surface area (Å²) in [5.41, 5.74) is 1.61. The summed E-state index contributed by atoms with van der Waals surface area (Å²) in [6.45, 7) is 6.77. The summed E-state index contributed by atoms with van der Waals surface area (Å²) < 4.78 is 21.1. The van der Waals surface area contributed by atoms with Gasteiger partial charge in [-0.1, -0.05) is 0 Å². The smallest absolute Gasteiger partial charge is 0.191 e. The van der Waals surface area contributed by atoms with Gasteiger partial charge in [-0.3, -0.25) is 4.68 Å². The standard InChI is InChI=1S/C19H24FN5O.HI/c1-3-21-19(22-8-4-10-25-11-5-9-24-25)23-13-18-14(2)16-12-15(20)6-7-17(16)26-18;/h5-7,9,11-12H,3-4,8,10,13H2,1-2H3,(H2,21,22,23);1H. The number of hydrogen-bond donors (Lipinski definition) is 2. The van der Waals surface area contributed by atoms with Crippen molar-refractivity contribution in [1.82, 2.24) is 20.4 Å². The number of guanidine groups is 1. The molecule has 6 nitrogen and oxygen atoms in total. The van der Waals surface area contributed by atoms with E-state index < -0.39 is 0 Å². The van der Waals surface area contributed by atoms with Crippen LogP contribution in [0.3, 0.4) is 0 Å². The van der Waals surface area contributed by atoms with Crippen LogP contribution in [0.15, 0.2) is 46.1 Å². The van der Waals surface area contributed by atoms with E-state index in [0.29, 0.717) is 12.1 Å². The highest BCUT2D eigenvalue weighted by molar-refractivity contribution is 14.0. The minimum Gasteiger partial charge on any atom is -0.459 e. The molecular weight excluding hydrogens is 460 g/mol. The average Bonchev–Trinajstić information content (AvgIpc) is 3.25. The average molecular weight is 485 g/mol. The third kappa shape index (κ3) is 5.69. The van der Waals surface area contributed by atoms with Gasteiger partial charge in [-0.25, -0.2) is 9.38 Å². The highest BCUT2D eigenvalue weighted by Crippen LogP contribution is 2.26. The fourth-order valence-corrected chi connectivity index (χ4v) is 2.77. The summed E-state index contributed by atoms with van der Waals surface area (Å²) in [6, 6.07) is 6.48. The lowest BCUT2D eigenvalue weighted by atomic mass is 10.1. The predicted molar refractivity (Wildman–Crippen MR) is 116 cm³/mol. The van der Waals surface area contributed by atoms with Crippen molar-refractivity contribution in [2.24, 2.45) is 4.99 Å². The van der Waals surface area contributed by atoms with E-state index in [2.05, 4.69) is 20.7 Å². The number of rotatable bonds is 7. The fourth-order valence-electron chi connectivity index (χ4n) is 2.77. The molecule has 0 saturated carbocycles. The Morgan fingerprint density at radius 1 is 1.33 bits per heavy atom. The number of furan rings is 1. The molecule has 0 fully saturated rings. The van der Waals surface area contributed by atoms with Crippen molar-refractivity contribution in [1.29, 1.82) is 0 Å². The maximum Gasteiger partial charge on any atom is 0.191 e. The Hall–Kier alpha value is -2.10. The van der Waals surface area contributed by atoms with Gasteiger partial charge in [-0.15, -0.1) is 24.0 Å². The van der Waals surface area contributed by atoms with Crippen LogP contribution in [0, 0.1) is 12.7 Å². The van der Waals surface area contributed by atoms with Crippen LogP contribution in [0.1, 0.15) is 24.7 Å². The Kier molecular flexibility index (Phi) is 8.08. The van der Waals surface area contributed by atoms with E-state index in [1.54, 1.807) is 12.3 Å². The number of halogens is 2. The second-order valence-corrected chi connectivity index (χ2v) is 6.04. The molecule has 0 unspecified atom stereocenters. The van der Waals surface area contributed by atoms with Crippen LogP contribution in [-0.2, 0) is 13.1 Å². The quantitative estimate of drug-likeness (QED) is 0.231. The van der Waals surface area contributed by atoms with E-state index in [1.807, 2.05) is 30.8 Å². The maximum absolute atomic E-state index is 13.4. The van der Waals surface area contributed by atoms with Gasteiger partial charge < -0.3 is 15.1 Å². The van der Waals surface area contributed by atoms with E-state index in [-0.39, 0.29) is 29.8 Å². The van der Waals surface area contributed by atoms with Crippen LogP contribution in [0.2, 0.25) is 0 Å². The van der Waals surface area contributed by atoms with Crippen molar-refractivity contribution in [3.8, 4) is 0 Å². The SMILES string of the molecule is CCNC(=NCc1oc2ccc(F)cc2c1C)NCCCn1cccn1.I. The molecule has 2 N–H and O–H groups in total. The van der Waals surface area contributed by atoms with Crippen molar-refractivity contribution in [2.75, 3.05) is 13.1 Å². The van der Waals surface area contributed by atoms with Crippen molar-refractivity contribution >= 4 is 40.9 Å². The molecule has 0 atom stereocenters. The molecule has 3 rings (SSSR count). The Morgan fingerprint density at radius 2 is 2.19 bits per heavy atom. The van der Waals surface area contributed by atoms with Crippen LogP contribution in [0.5, 0.6) is 0 Å². The number of nitrogens with one attached hydrogen (secondary N) is 2. The number of nitrogens with zero attached hydrogens (tertiary/aromatic N) is 3. The molecule has 0 spiro atoms. The molecular formula is C19H25FIN5O. The summed E-state index contributed by atoms with van der Waals surface area (Å²) in [5.74, 6) is 1.22. The van der Waals surface area contributed by atoms with Gasteiger partial charge in [0.05, 0.1) is 0 Å². The van der Waals surface area contributed by atoms with Crippen LogP contribution < -0.4 is 10.6 Å². The lowest BCUT2D eigenvalue weighted by Crippen LogP contribution is -2.38. The Balaban J connectivity index is 0.00000261. The van der Waals surface area contributed by atoms with Crippen LogP contribution in [0.4, 0.5) is 4.39 Å². The lowest BCUT2D eigenvalue weighted by molar-refractivity contribution is 0.545. The van der Waals surface area contributed by atoms with Gasteiger partial charge in [0, 0.05) is 43.0 Å². The van der Waals surface area contributed by atoms with E-state index >= 15 is 0 Å². The zero-order chi connectivity index (χ0) is 18.4. The molecule has 0 aliphatic heterocycles. The molecule has 3 aromatic rings. The molecule has 0 saturated heterocycles. The van der Waals surface area contributed by atoms with Gasteiger partial charge in [-0.05, 0) is 44.5 Å². The first kappa shape index (κ1) is 21.2. The third-order valence-corrected chi connectivity index (χ3v) is 4.14. The maximum atomic E-state index is 13.4. The lowest BCUT2D eigenvalue weighted by Gasteiger charge is -2.11. The van der Waals surface area contributed by atoms with E-state index in [4.69, 9.17) is 4.42 Å². The summed E-state index contributed by atoms with van der Waals surface area (Å²) in [5, 5.41) is 11.5. The van der Waals surface area contributed by atoms with Gasteiger partial charge in [-0.2, -0.15) is 5.10 Å². The van der Waals surface area contributed by atoms with Crippen molar-refractivity contribution in [3.05, 3.63) is 53.8 Å². The topological polar surface area (TPSA) is 67.4 Å². The monoisotopic (exact) mass is 485 g/mol. The van der Waals surface area contributed by atoms with Crippen LogP contribution >= 0.6 is 24.0 Å².